The summed E-state index contributed by atoms with van der Waals surface area (Å²) in [5.74, 6) is 0.116. The van der Waals surface area contributed by atoms with E-state index in [1.807, 2.05) is 24.3 Å². The van der Waals surface area contributed by atoms with Gasteiger partial charge in [0.15, 0.2) is 0 Å². The minimum atomic E-state index is -0.845. The first-order chi connectivity index (χ1) is 17.1. The van der Waals surface area contributed by atoms with E-state index in [1.165, 1.54) is 22.3 Å². The topological polar surface area (TPSA) is 86.7 Å². The van der Waals surface area contributed by atoms with Crippen LogP contribution in [-0.2, 0) is 9.59 Å². The van der Waals surface area contributed by atoms with Gasteiger partial charge in [-0.05, 0) is 35.1 Å². The molecule has 0 spiro atoms. The van der Waals surface area contributed by atoms with Crippen LogP contribution in [0, 0.1) is 0 Å². The molecule has 1 aliphatic carbocycles. The summed E-state index contributed by atoms with van der Waals surface area (Å²) in [6.45, 7) is 1.49. The predicted molar refractivity (Wildman–Crippen MR) is 139 cm³/mol. The zero-order chi connectivity index (χ0) is 24.9. The predicted octanol–water partition coefficient (Wildman–Crippen LogP) is 6.00. The van der Waals surface area contributed by atoms with Crippen LogP contribution in [0.25, 0.3) is 11.1 Å². The first-order valence-electron chi connectivity index (χ1n) is 13.0. The number of benzene rings is 2. The molecule has 0 unspecified atom stereocenters. The quantitative estimate of drug-likeness (QED) is 0.229. The van der Waals surface area contributed by atoms with Crippen LogP contribution in [0.4, 0.5) is 4.79 Å². The molecular weight excluding hydrogens is 440 g/mol. The summed E-state index contributed by atoms with van der Waals surface area (Å²) in [4.78, 5) is 35.4. The lowest BCUT2D eigenvalue weighted by atomic mass is 9.96. The fraction of sp³-hybridized carbons (Fsp3) is 0.483. The van der Waals surface area contributed by atoms with E-state index in [4.69, 9.17) is 0 Å². The highest BCUT2D eigenvalue weighted by Gasteiger charge is 2.30. The molecule has 2 N–H and O–H groups in total. The molecule has 0 aliphatic heterocycles. The van der Waals surface area contributed by atoms with Crippen molar-refractivity contribution in [3.05, 3.63) is 59.7 Å². The highest BCUT2D eigenvalue weighted by Crippen LogP contribution is 2.44. The average molecular weight is 479 g/mol. The Balaban J connectivity index is 1.32. The molecule has 0 fully saturated rings. The summed E-state index contributed by atoms with van der Waals surface area (Å²) in [6, 6.07) is 16.7. The van der Waals surface area contributed by atoms with Crippen LogP contribution >= 0.6 is 0 Å². The Bertz CT molecular complexity index is 929. The van der Waals surface area contributed by atoms with Gasteiger partial charge in [0, 0.05) is 38.4 Å². The third kappa shape index (κ3) is 7.94. The Morgan fingerprint density at radius 1 is 0.829 bits per heavy atom. The number of unbranched alkanes of at least 4 members (excludes halogenated alkanes) is 7. The van der Waals surface area contributed by atoms with Crippen LogP contribution in [0.15, 0.2) is 48.5 Å². The zero-order valence-electron chi connectivity index (χ0n) is 20.6. The van der Waals surface area contributed by atoms with Gasteiger partial charge in [-0.1, -0.05) is 87.1 Å². The summed E-state index contributed by atoms with van der Waals surface area (Å²) >= 11 is 0. The molecule has 1 aliphatic rings. The van der Waals surface area contributed by atoms with Crippen molar-refractivity contribution in [2.45, 2.75) is 70.1 Å². The second kappa shape index (κ2) is 14.3. The monoisotopic (exact) mass is 478 g/mol. The van der Waals surface area contributed by atoms with Crippen molar-refractivity contribution in [3.63, 3.8) is 0 Å². The van der Waals surface area contributed by atoms with Gasteiger partial charge in [-0.15, -0.1) is 0 Å². The first kappa shape index (κ1) is 26.5. The van der Waals surface area contributed by atoms with E-state index in [2.05, 4.69) is 29.6 Å². The number of carbonyl (C=O) groups is 3. The Morgan fingerprint density at radius 3 is 1.94 bits per heavy atom. The molecule has 0 aromatic heterocycles. The summed E-state index contributed by atoms with van der Waals surface area (Å²) in [6.07, 6.45) is 9.20. The van der Waals surface area contributed by atoms with E-state index in [9.17, 15) is 19.5 Å². The number of hydrogen-bond donors (Lipinski definition) is 2. The van der Waals surface area contributed by atoms with Gasteiger partial charge in [-0.25, -0.2) is 4.79 Å². The molecule has 6 nitrogen and oxygen atoms in total. The van der Waals surface area contributed by atoms with Crippen molar-refractivity contribution < 1.29 is 19.5 Å². The highest BCUT2D eigenvalue weighted by atomic mass is 16.4. The lowest BCUT2D eigenvalue weighted by molar-refractivity contribution is -0.121. The lowest BCUT2D eigenvalue weighted by Crippen LogP contribution is -2.34. The number of nitrogens with one attached hydrogen (secondary N) is 1. The average Bonchev–Trinajstić information content (AvgIpc) is 3.18. The van der Waals surface area contributed by atoms with Crippen LogP contribution < -0.4 is 5.32 Å². The number of nitrogens with zero attached hydrogens (tertiary/aromatic N) is 1. The molecule has 0 heterocycles. The minimum absolute atomic E-state index is 0.0272. The zero-order valence-corrected chi connectivity index (χ0v) is 20.6. The lowest BCUT2D eigenvalue weighted by Gasteiger charge is -2.24. The number of amides is 2. The molecular formula is C29H38N2O4. The van der Waals surface area contributed by atoms with Gasteiger partial charge >= 0.3 is 6.09 Å². The molecule has 0 saturated carbocycles. The second-order valence-corrected chi connectivity index (χ2v) is 9.34. The number of aldehydes is 1. The Hall–Kier alpha value is -3.15. The standard InChI is InChI=1S/C29H38N2O4/c32-21-13-19-30-28(33)18-7-5-3-1-2-4-6-12-20-31(29(34)35)22-27-25-16-10-8-14-23(25)24-15-9-11-17-26(24)27/h8-11,14-17,21,27H,1-7,12-13,18-20,22H2,(H,30,33)(H,34,35). The molecule has 188 valence electrons. The van der Waals surface area contributed by atoms with Crippen molar-refractivity contribution >= 4 is 18.3 Å². The van der Waals surface area contributed by atoms with Crippen LogP contribution in [0.1, 0.15) is 81.3 Å². The molecule has 6 heteroatoms. The molecule has 0 bridgehead atoms. The summed E-state index contributed by atoms with van der Waals surface area (Å²) < 4.78 is 0. The Morgan fingerprint density at radius 2 is 1.37 bits per heavy atom. The van der Waals surface area contributed by atoms with Crippen LogP contribution in [0.5, 0.6) is 0 Å². The summed E-state index contributed by atoms with van der Waals surface area (Å²) in [5.41, 5.74) is 4.88. The van der Waals surface area contributed by atoms with Crippen molar-refractivity contribution in [3.8, 4) is 11.1 Å². The molecule has 0 radical (unpaired) electrons. The molecule has 3 rings (SSSR count). The van der Waals surface area contributed by atoms with Crippen molar-refractivity contribution in [1.82, 2.24) is 10.2 Å². The van der Waals surface area contributed by atoms with Crippen LogP contribution in [-0.4, -0.2) is 47.9 Å². The van der Waals surface area contributed by atoms with E-state index in [-0.39, 0.29) is 11.8 Å². The molecule has 0 saturated heterocycles. The van der Waals surface area contributed by atoms with Crippen molar-refractivity contribution in [1.29, 1.82) is 0 Å². The van der Waals surface area contributed by atoms with E-state index < -0.39 is 6.09 Å². The smallest absolute Gasteiger partial charge is 0.407 e. The maximum Gasteiger partial charge on any atom is 0.407 e. The maximum atomic E-state index is 12.0. The van der Waals surface area contributed by atoms with Crippen molar-refractivity contribution in [2.24, 2.45) is 0 Å². The fourth-order valence-electron chi connectivity index (χ4n) is 4.95. The third-order valence-electron chi connectivity index (χ3n) is 6.80. The van der Waals surface area contributed by atoms with Gasteiger partial charge in [-0.3, -0.25) is 4.79 Å². The number of carbonyl (C=O) groups excluding carboxylic acids is 2. The third-order valence-corrected chi connectivity index (χ3v) is 6.80. The number of fused-ring (bicyclic) bond motifs is 3. The van der Waals surface area contributed by atoms with Crippen molar-refractivity contribution in [2.75, 3.05) is 19.6 Å². The summed E-state index contributed by atoms with van der Waals surface area (Å²) in [7, 11) is 0. The normalized spacial score (nSPS) is 12.1. The molecule has 2 aromatic rings. The van der Waals surface area contributed by atoms with E-state index in [0.29, 0.717) is 32.5 Å². The van der Waals surface area contributed by atoms with Gasteiger partial charge in [-0.2, -0.15) is 0 Å². The van der Waals surface area contributed by atoms with Gasteiger partial charge in [0.2, 0.25) is 5.91 Å². The summed E-state index contributed by atoms with van der Waals surface area (Å²) in [5, 5.41) is 12.6. The Kier molecular flexibility index (Phi) is 10.8. The number of hydrogen-bond acceptors (Lipinski definition) is 3. The Labute approximate surface area is 208 Å². The molecule has 0 atom stereocenters. The molecule has 35 heavy (non-hydrogen) atoms. The maximum absolute atomic E-state index is 12.0. The minimum Gasteiger partial charge on any atom is -0.465 e. The van der Waals surface area contributed by atoms with Gasteiger partial charge in [0.1, 0.15) is 6.29 Å². The highest BCUT2D eigenvalue weighted by molar-refractivity contribution is 5.79. The fourth-order valence-corrected chi connectivity index (χ4v) is 4.95. The first-order valence-corrected chi connectivity index (χ1v) is 13.0. The number of carboxylic acid groups (broad SMARTS) is 1. The molecule has 2 amide bonds. The van der Waals surface area contributed by atoms with Gasteiger partial charge in [0.25, 0.3) is 0 Å². The van der Waals surface area contributed by atoms with E-state index in [1.54, 1.807) is 4.90 Å². The molecule has 2 aromatic carbocycles. The largest absolute Gasteiger partial charge is 0.465 e. The van der Waals surface area contributed by atoms with Crippen LogP contribution in [0.3, 0.4) is 0 Å². The van der Waals surface area contributed by atoms with Gasteiger partial charge < -0.3 is 20.1 Å². The van der Waals surface area contributed by atoms with Crippen LogP contribution in [0.2, 0.25) is 0 Å². The van der Waals surface area contributed by atoms with Gasteiger partial charge in [0.05, 0.1) is 0 Å². The second-order valence-electron chi connectivity index (χ2n) is 9.34. The van der Waals surface area contributed by atoms with E-state index >= 15 is 0 Å². The van der Waals surface area contributed by atoms with E-state index in [0.717, 1.165) is 57.7 Å². The number of rotatable bonds is 16. The SMILES string of the molecule is O=CCCNC(=O)CCCCCCCCCCN(CC1c2ccccc2-c2ccccc21)C(=O)O.